The zero-order valence-corrected chi connectivity index (χ0v) is 35.3. The summed E-state index contributed by atoms with van der Waals surface area (Å²) in [5.74, 6) is 0. The molecule has 292 valence electrons. The van der Waals surface area contributed by atoms with Crippen LogP contribution in [0.2, 0.25) is 0 Å². The summed E-state index contributed by atoms with van der Waals surface area (Å²) < 4.78 is 5.25. The molecule has 0 radical (unpaired) electrons. The highest BCUT2D eigenvalue weighted by Crippen LogP contribution is 2.63. The number of hydrogen-bond acceptors (Lipinski definition) is 0. The van der Waals surface area contributed by atoms with Gasteiger partial charge in [0, 0.05) is 26.9 Å². The molecular formula is C60H42N2. The van der Waals surface area contributed by atoms with Crippen LogP contribution in [-0.2, 0) is 11.1 Å². The molecule has 9 aromatic carbocycles. The van der Waals surface area contributed by atoms with Crippen molar-refractivity contribution in [2.24, 2.45) is 0 Å². The van der Waals surface area contributed by atoms with Gasteiger partial charge in [-0.05, 0) is 142 Å². The predicted molar refractivity (Wildman–Crippen MR) is 261 cm³/mol. The average Bonchev–Trinajstić information content (AvgIpc) is 4.00. The molecule has 2 aromatic heterocycles. The zero-order chi connectivity index (χ0) is 41.4. The molecule has 62 heavy (non-hydrogen) atoms. The van der Waals surface area contributed by atoms with E-state index < -0.39 is 5.66 Å². The predicted octanol–water partition coefficient (Wildman–Crippen LogP) is 15.6. The average molecular weight is 791 g/mol. The van der Waals surface area contributed by atoms with E-state index in [4.69, 9.17) is 0 Å². The van der Waals surface area contributed by atoms with Gasteiger partial charge < -0.3 is 9.13 Å². The monoisotopic (exact) mass is 790 g/mol. The van der Waals surface area contributed by atoms with Gasteiger partial charge in [0.2, 0.25) is 0 Å². The first kappa shape index (κ1) is 34.3. The van der Waals surface area contributed by atoms with Gasteiger partial charge in [-0.25, -0.2) is 0 Å². The van der Waals surface area contributed by atoms with Crippen LogP contribution in [0.5, 0.6) is 0 Å². The molecular weight excluding hydrogens is 749 g/mol. The van der Waals surface area contributed by atoms with Gasteiger partial charge in [0.25, 0.3) is 0 Å². The van der Waals surface area contributed by atoms with Crippen molar-refractivity contribution in [3.05, 3.63) is 210 Å². The minimum Gasteiger partial charge on any atom is -0.316 e. The van der Waals surface area contributed by atoms with Crippen molar-refractivity contribution >= 4 is 60.0 Å². The highest BCUT2D eigenvalue weighted by atomic mass is 15.3. The van der Waals surface area contributed by atoms with Gasteiger partial charge in [0.15, 0.2) is 0 Å². The van der Waals surface area contributed by atoms with Gasteiger partial charge in [0.05, 0.1) is 27.5 Å². The third-order valence-corrected chi connectivity index (χ3v) is 15.0. The van der Waals surface area contributed by atoms with Crippen molar-refractivity contribution < 1.29 is 0 Å². The Balaban J connectivity index is 1.04. The Morgan fingerprint density at radius 2 is 0.952 bits per heavy atom. The van der Waals surface area contributed by atoms with E-state index in [0.717, 1.165) is 5.57 Å². The van der Waals surface area contributed by atoms with E-state index in [1.54, 1.807) is 0 Å². The molecule has 14 rings (SSSR count). The molecule has 0 saturated heterocycles. The van der Waals surface area contributed by atoms with E-state index in [2.05, 4.69) is 213 Å². The molecule has 3 heterocycles. The molecule has 0 atom stereocenters. The first-order chi connectivity index (χ1) is 30.2. The summed E-state index contributed by atoms with van der Waals surface area (Å²) in [6.45, 7) is 13.7. The summed E-state index contributed by atoms with van der Waals surface area (Å²) in [6, 6.07) is 64.7. The second-order valence-corrected chi connectivity index (χ2v) is 18.6. The molecule has 0 fully saturated rings. The largest absolute Gasteiger partial charge is 0.316 e. The van der Waals surface area contributed by atoms with Crippen LogP contribution in [-0.4, -0.2) is 9.13 Å². The second-order valence-electron chi connectivity index (χ2n) is 18.6. The minimum absolute atomic E-state index is 0.387. The van der Waals surface area contributed by atoms with Crippen LogP contribution in [0.15, 0.2) is 176 Å². The summed E-state index contributed by atoms with van der Waals surface area (Å²) in [6.07, 6.45) is 0. The second kappa shape index (κ2) is 11.5. The zero-order valence-electron chi connectivity index (χ0n) is 35.3. The van der Waals surface area contributed by atoms with Gasteiger partial charge in [-0.1, -0.05) is 151 Å². The number of allylic oxidation sites excluding steroid dienone is 1. The maximum atomic E-state index is 4.55. The molecule has 0 unspecified atom stereocenters. The molecule has 2 aliphatic carbocycles. The lowest BCUT2D eigenvalue weighted by Gasteiger charge is -2.36. The first-order valence-corrected chi connectivity index (χ1v) is 22.0. The van der Waals surface area contributed by atoms with E-state index >= 15 is 0 Å². The fourth-order valence-corrected chi connectivity index (χ4v) is 12.5. The molecule has 3 aliphatic rings. The van der Waals surface area contributed by atoms with Crippen molar-refractivity contribution in [3.63, 3.8) is 0 Å². The lowest BCUT2D eigenvalue weighted by atomic mass is 9.70. The number of benzene rings is 9. The minimum atomic E-state index is -0.394. The maximum absolute atomic E-state index is 4.55. The topological polar surface area (TPSA) is 9.86 Å². The summed E-state index contributed by atoms with van der Waals surface area (Å²) >= 11 is 0. The van der Waals surface area contributed by atoms with E-state index in [0.29, 0.717) is 0 Å². The van der Waals surface area contributed by atoms with Crippen molar-refractivity contribution in [1.29, 1.82) is 0 Å². The maximum Gasteiger partial charge on any atom is 0.116 e. The summed E-state index contributed by atoms with van der Waals surface area (Å²) in [7, 11) is 0. The van der Waals surface area contributed by atoms with Crippen LogP contribution in [0.4, 0.5) is 0 Å². The van der Waals surface area contributed by atoms with Crippen LogP contribution in [0.3, 0.4) is 0 Å². The van der Waals surface area contributed by atoms with E-state index in [1.807, 2.05) is 0 Å². The normalized spacial score (nSPS) is 14.8. The molecule has 2 heteroatoms. The van der Waals surface area contributed by atoms with Crippen LogP contribution in [0.1, 0.15) is 54.2 Å². The van der Waals surface area contributed by atoms with Gasteiger partial charge in [-0.3, -0.25) is 0 Å². The van der Waals surface area contributed by atoms with Crippen LogP contribution < -0.4 is 0 Å². The highest BCUT2D eigenvalue weighted by molar-refractivity contribution is 6.30. The van der Waals surface area contributed by atoms with Crippen molar-refractivity contribution in [3.8, 4) is 44.5 Å². The number of rotatable bonds is 3. The standard InChI is InChI=1S/C60H42N2/c1-34(2)46-33-49-48-31-38(39-20-24-43-42-23-19-35(3)29-52(42)60(53(43)32-39)50-17-11-9-15-40(50)41-16-10-12-18-51(41)60)22-28-55(48)62-58(49)56-44(46)25-26-45-47-30-37(36-13-7-6-8-14-36)21-27-54(47)61(57(45)56)59(62,4)5/h6-33H,1H2,2-5H3. The lowest BCUT2D eigenvalue weighted by Crippen LogP contribution is -2.36. The van der Waals surface area contributed by atoms with Crippen molar-refractivity contribution in [2.45, 2.75) is 38.8 Å². The van der Waals surface area contributed by atoms with Crippen LogP contribution >= 0.6 is 0 Å². The Morgan fingerprint density at radius 3 is 1.63 bits per heavy atom. The van der Waals surface area contributed by atoms with Gasteiger partial charge in [-0.15, -0.1) is 0 Å². The molecule has 11 aromatic rings. The van der Waals surface area contributed by atoms with Crippen molar-refractivity contribution in [2.75, 3.05) is 0 Å². The number of nitrogens with zero attached hydrogens (tertiary/aromatic N) is 2. The van der Waals surface area contributed by atoms with Gasteiger partial charge >= 0.3 is 0 Å². The van der Waals surface area contributed by atoms with E-state index in [1.165, 1.54) is 132 Å². The molecule has 1 spiro atoms. The van der Waals surface area contributed by atoms with Crippen LogP contribution in [0, 0.1) is 6.92 Å². The molecule has 0 N–H and O–H groups in total. The Bertz CT molecular complexity index is 3820. The smallest absolute Gasteiger partial charge is 0.116 e. The highest BCUT2D eigenvalue weighted by Gasteiger charge is 2.51. The summed E-state index contributed by atoms with van der Waals surface area (Å²) in [5, 5.41) is 7.74. The summed E-state index contributed by atoms with van der Waals surface area (Å²) in [4.78, 5) is 0. The first-order valence-electron chi connectivity index (χ1n) is 22.0. The number of aromatic nitrogens is 2. The van der Waals surface area contributed by atoms with Crippen molar-refractivity contribution in [1.82, 2.24) is 9.13 Å². The van der Waals surface area contributed by atoms with Crippen LogP contribution in [0.25, 0.3) is 104 Å². The van der Waals surface area contributed by atoms with Gasteiger partial charge in [-0.2, -0.15) is 0 Å². The van der Waals surface area contributed by atoms with Gasteiger partial charge in [0.1, 0.15) is 5.66 Å². The quantitative estimate of drug-likeness (QED) is 0.169. The van der Waals surface area contributed by atoms with E-state index in [9.17, 15) is 0 Å². The Kier molecular flexibility index (Phi) is 6.35. The Hall–Kier alpha value is -7.42. The molecule has 0 saturated carbocycles. The van der Waals surface area contributed by atoms with E-state index in [-0.39, 0.29) is 5.41 Å². The molecule has 1 aliphatic heterocycles. The Labute approximate surface area is 360 Å². The molecule has 0 amide bonds. The Morgan fingerprint density at radius 1 is 0.435 bits per heavy atom. The number of hydrogen-bond donors (Lipinski definition) is 0. The molecule has 0 bridgehead atoms. The third-order valence-electron chi connectivity index (χ3n) is 15.0. The SMILES string of the molecule is C=C(C)c1cc2c3cc(-c4ccc5c(c4)C4(c6ccccc6-c6ccccc64)c4cc(C)ccc4-5)ccc3n3c2c2c1ccc1c4cc(-c5ccccc5)ccc4n(c12)C3(C)C. The summed E-state index contributed by atoms with van der Waals surface area (Å²) in [5.41, 5.74) is 23.7. The third kappa shape index (κ3) is 3.98. The number of aryl methyl sites for hydroxylation is 1. The number of fused-ring (bicyclic) bond motifs is 16. The molecule has 2 nitrogen and oxygen atoms in total. The fraction of sp³-hybridized carbons (Fsp3) is 0.100. The fourth-order valence-electron chi connectivity index (χ4n) is 12.5. The lowest BCUT2D eigenvalue weighted by molar-refractivity contribution is 0.328.